The fourth-order valence-corrected chi connectivity index (χ4v) is 1.48. The van der Waals surface area contributed by atoms with Gasteiger partial charge in [0, 0.05) is 4.47 Å². The highest BCUT2D eigenvalue weighted by Gasteiger charge is 2.16. The van der Waals surface area contributed by atoms with Gasteiger partial charge in [0.2, 0.25) is 3.79 Å². The molecule has 0 aliphatic heterocycles. The maximum Gasteiger partial charge on any atom is 0.272 e. The molecule has 0 unspecified atom stereocenters. The van der Waals surface area contributed by atoms with E-state index < -0.39 is 9.70 Å². The maximum atomic E-state index is 11.6. The van der Waals surface area contributed by atoms with Crippen LogP contribution in [0.15, 0.2) is 33.8 Å². The van der Waals surface area contributed by atoms with Crippen molar-refractivity contribution in [1.29, 1.82) is 0 Å². The van der Waals surface area contributed by atoms with Crippen LogP contribution in [0, 0.1) is 0 Å². The quantitative estimate of drug-likeness (QED) is 0.498. The number of nitrogens with one attached hydrogen (secondary N) is 1. The van der Waals surface area contributed by atoms with Crippen LogP contribution >= 0.6 is 50.7 Å². The maximum absolute atomic E-state index is 11.6. The van der Waals surface area contributed by atoms with Gasteiger partial charge >= 0.3 is 0 Å². The number of nitrogens with zero attached hydrogens (tertiary/aromatic N) is 1. The Morgan fingerprint density at radius 3 is 2.56 bits per heavy atom. The van der Waals surface area contributed by atoms with E-state index in [9.17, 15) is 4.79 Å². The molecule has 7 heteroatoms. The van der Waals surface area contributed by atoms with Crippen molar-refractivity contribution in [3.63, 3.8) is 0 Å². The van der Waals surface area contributed by atoms with Gasteiger partial charge in [0.25, 0.3) is 5.91 Å². The first kappa shape index (κ1) is 13.8. The molecule has 0 aliphatic carbocycles. The Bertz CT molecular complexity index is 417. The first-order chi connectivity index (χ1) is 7.40. The van der Waals surface area contributed by atoms with Crippen molar-refractivity contribution < 1.29 is 4.79 Å². The van der Waals surface area contributed by atoms with E-state index in [1.54, 1.807) is 24.3 Å². The van der Waals surface area contributed by atoms with Crippen LogP contribution in [0.4, 0.5) is 0 Å². The lowest BCUT2D eigenvalue weighted by atomic mass is 10.2. The summed E-state index contributed by atoms with van der Waals surface area (Å²) in [5, 5.41) is 3.52. The van der Waals surface area contributed by atoms with Crippen molar-refractivity contribution in [2.75, 3.05) is 0 Å². The van der Waals surface area contributed by atoms with E-state index in [1.807, 2.05) is 0 Å². The van der Waals surface area contributed by atoms with Crippen LogP contribution in [-0.2, 0) is 0 Å². The number of carbonyl (C=O) groups is 1. The molecule has 0 aliphatic rings. The molecule has 0 radical (unpaired) electrons. The molecule has 0 atom stereocenters. The SMILES string of the molecule is O=C(NN=CC(Cl)(Cl)Cl)c1ccccc1Br. The first-order valence-electron chi connectivity index (χ1n) is 4.06. The summed E-state index contributed by atoms with van der Waals surface area (Å²) in [6.45, 7) is 0. The van der Waals surface area contributed by atoms with Crippen molar-refractivity contribution in [3.8, 4) is 0 Å². The standard InChI is InChI=1S/C9H6BrCl3N2O/c10-7-4-2-1-3-6(7)8(16)15-14-5-9(11,12)13/h1-5H,(H,15,16). The van der Waals surface area contributed by atoms with Crippen molar-refractivity contribution in [3.05, 3.63) is 34.3 Å². The highest BCUT2D eigenvalue weighted by molar-refractivity contribution is 9.10. The highest BCUT2D eigenvalue weighted by Crippen LogP contribution is 2.22. The van der Waals surface area contributed by atoms with Crippen LogP contribution < -0.4 is 5.43 Å². The molecule has 0 saturated heterocycles. The molecule has 1 aromatic rings. The number of hydrogen-bond acceptors (Lipinski definition) is 2. The smallest absolute Gasteiger partial charge is 0.267 e. The zero-order chi connectivity index (χ0) is 12.2. The van der Waals surface area contributed by atoms with Crippen LogP contribution in [0.2, 0.25) is 0 Å². The lowest BCUT2D eigenvalue weighted by Gasteiger charge is -2.04. The number of amides is 1. The number of halogens is 4. The molecule has 0 bridgehead atoms. The van der Waals surface area contributed by atoms with Crippen molar-refractivity contribution in [2.24, 2.45) is 5.10 Å². The minimum atomic E-state index is -1.62. The summed E-state index contributed by atoms with van der Waals surface area (Å²) in [4.78, 5) is 11.6. The molecular formula is C9H6BrCl3N2O. The van der Waals surface area contributed by atoms with Crippen molar-refractivity contribution >= 4 is 62.9 Å². The third-order valence-corrected chi connectivity index (χ3v) is 2.48. The largest absolute Gasteiger partial charge is 0.272 e. The van der Waals surface area contributed by atoms with Gasteiger partial charge in [0.05, 0.1) is 11.8 Å². The van der Waals surface area contributed by atoms with Crippen LogP contribution in [0.3, 0.4) is 0 Å². The van der Waals surface area contributed by atoms with Crippen LogP contribution in [0.1, 0.15) is 10.4 Å². The van der Waals surface area contributed by atoms with E-state index in [1.165, 1.54) is 0 Å². The topological polar surface area (TPSA) is 41.5 Å². The van der Waals surface area contributed by atoms with Gasteiger partial charge in [-0.3, -0.25) is 4.79 Å². The van der Waals surface area contributed by atoms with E-state index >= 15 is 0 Å². The molecule has 1 N–H and O–H groups in total. The summed E-state index contributed by atoms with van der Waals surface area (Å²) in [7, 11) is 0. The lowest BCUT2D eigenvalue weighted by Crippen LogP contribution is -2.19. The normalized spacial score (nSPS) is 11.8. The molecular weight excluding hydrogens is 338 g/mol. The molecule has 1 aromatic carbocycles. The van der Waals surface area contributed by atoms with E-state index in [-0.39, 0.29) is 0 Å². The van der Waals surface area contributed by atoms with Crippen LogP contribution in [0.25, 0.3) is 0 Å². The second kappa shape index (κ2) is 5.87. The van der Waals surface area contributed by atoms with Gasteiger partial charge in [-0.25, -0.2) is 5.43 Å². The van der Waals surface area contributed by atoms with Crippen LogP contribution in [0.5, 0.6) is 0 Å². The molecule has 0 aromatic heterocycles. The number of alkyl halides is 3. The molecule has 0 spiro atoms. The number of rotatable bonds is 2. The summed E-state index contributed by atoms with van der Waals surface area (Å²) in [5.41, 5.74) is 2.69. The third-order valence-electron chi connectivity index (χ3n) is 1.50. The van der Waals surface area contributed by atoms with Gasteiger partial charge in [-0.15, -0.1) is 0 Å². The molecule has 86 valence electrons. The van der Waals surface area contributed by atoms with E-state index in [0.29, 0.717) is 10.0 Å². The predicted molar refractivity (Wildman–Crippen MR) is 70.4 cm³/mol. The van der Waals surface area contributed by atoms with Gasteiger partial charge in [0.1, 0.15) is 0 Å². The Balaban J connectivity index is 2.68. The Labute approximate surface area is 116 Å². The number of hydrazone groups is 1. The molecule has 0 fully saturated rings. The fourth-order valence-electron chi connectivity index (χ4n) is 0.870. The average Bonchev–Trinajstić information content (AvgIpc) is 2.16. The number of benzene rings is 1. The molecule has 0 heterocycles. The zero-order valence-corrected chi connectivity index (χ0v) is 11.6. The molecule has 0 saturated carbocycles. The monoisotopic (exact) mass is 342 g/mol. The van der Waals surface area contributed by atoms with E-state index in [4.69, 9.17) is 34.8 Å². The van der Waals surface area contributed by atoms with Gasteiger partial charge in [-0.2, -0.15) is 5.10 Å². The Hall–Kier alpha value is -0.290. The summed E-state index contributed by atoms with van der Waals surface area (Å²) >= 11 is 19.5. The summed E-state index contributed by atoms with van der Waals surface area (Å²) in [5.74, 6) is -0.391. The zero-order valence-electron chi connectivity index (χ0n) is 7.75. The summed E-state index contributed by atoms with van der Waals surface area (Å²) in [6.07, 6.45) is 1.01. The lowest BCUT2D eigenvalue weighted by molar-refractivity contribution is 0.0954. The number of hydrogen-bond donors (Lipinski definition) is 1. The molecule has 16 heavy (non-hydrogen) atoms. The van der Waals surface area contributed by atoms with E-state index in [0.717, 1.165) is 6.21 Å². The Morgan fingerprint density at radius 1 is 1.38 bits per heavy atom. The minimum Gasteiger partial charge on any atom is -0.267 e. The first-order valence-corrected chi connectivity index (χ1v) is 5.98. The summed E-state index contributed by atoms with van der Waals surface area (Å²) in [6, 6.07) is 6.92. The van der Waals surface area contributed by atoms with Gasteiger partial charge in [0.15, 0.2) is 0 Å². The van der Waals surface area contributed by atoms with Crippen molar-refractivity contribution in [2.45, 2.75) is 3.79 Å². The highest BCUT2D eigenvalue weighted by atomic mass is 79.9. The Kier molecular flexibility index (Phi) is 5.05. The van der Waals surface area contributed by atoms with Crippen molar-refractivity contribution in [1.82, 2.24) is 5.43 Å². The average molecular weight is 344 g/mol. The fraction of sp³-hybridized carbons (Fsp3) is 0.111. The Morgan fingerprint density at radius 2 is 2.00 bits per heavy atom. The van der Waals surface area contributed by atoms with Gasteiger partial charge in [-0.05, 0) is 28.1 Å². The molecule has 1 amide bonds. The molecule has 1 rings (SSSR count). The summed E-state index contributed by atoms with van der Waals surface area (Å²) < 4.78 is -0.960. The number of carbonyl (C=O) groups excluding carboxylic acids is 1. The molecule has 3 nitrogen and oxygen atoms in total. The predicted octanol–water partition coefficient (Wildman–Crippen LogP) is 3.53. The second-order valence-corrected chi connectivity index (χ2v) is 5.94. The van der Waals surface area contributed by atoms with Gasteiger partial charge in [-0.1, -0.05) is 46.9 Å². The van der Waals surface area contributed by atoms with Crippen LogP contribution in [-0.4, -0.2) is 15.9 Å². The minimum absolute atomic E-state index is 0.391. The van der Waals surface area contributed by atoms with Gasteiger partial charge < -0.3 is 0 Å². The second-order valence-electron chi connectivity index (χ2n) is 2.72. The van der Waals surface area contributed by atoms with E-state index in [2.05, 4.69) is 26.5 Å². The third kappa shape index (κ3) is 4.70.